The normalized spacial score (nSPS) is 15.3. The minimum atomic E-state index is -4.40. The fourth-order valence-corrected chi connectivity index (χ4v) is 4.70. The molecule has 5 rings (SSSR count). The standard InChI is InChI=1S/C23H20F3N5OS/c24-23(25,26)16-7-8-20(27-14-16)30-11-9-29(10-12-30)15-31-22(32)18-5-2-1-4-17(18)21(28-31)19-6-3-13-33-19/h1-8,13-14H,9-12,15H2. The lowest BCUT2D eigenvalue weighted by Crippen LogP contribution is -2.48. The Bertz CT molecular complexity index is 1310. The molecule has 1 aromatic carbocycles. The van der Waals surface area contributed by atoms with Crippen LogP contribution >= 0.6 is 11.3 Å². The second-order valence-corrected chi connectivity index (χ2v) is 8.77. The number of anilines is 1. The highest BCUT2D eigenvalue weighted by molar-refractivity contribution is 7.13. The Kier molecular flexibility index (Phi) is 5.63. The van der Waals surface area contributed by atoms with Crippen molar-refractivity contribution in [3.63, 3.8) is 0 Å². The van der Waals surface area contributed by atoms with Crippen LogP contribution in [-0.2, 0) is 12.8 Å². The molecule has 3 aromatic heterocycles. The van der Waals surface area contributed by atoms with Gasteiger partial charge in [0.15, 0.2) is 0 Å². The fraction of sp³-hybridized carbons (Fsp3) is 0.261. The van der Waals surface area contributed by atoms with Crippen molar-refractivity contribution in [1.82, 2.24) is 19.7 Å². The van der Waals surface area contributed by atoms with E-state index in [2.05, 4.69) is 15.0 Å². The molecule has 0 spiro atoms. The summed E-state index contributed by atoms with van der Waals surface area (Å²) in [5.41, 5.74) is -0.112. The van der Waals surface area contributed by atoms with Gasteiger partial charge in [0.05, 0.1) is 22.5 Å². The summed E-state index contributed by atoms with van der Waals surface area (Å²) in [7, 11) is 0. The lowest BCUT2D eigenvalue weighted by molar-refractivity contribution is -0.137. The van der Waals surface area contributed by atoms with Crippen LogP contribution in [0.4, 0.5) is 19.0 Å². The van der Waals surface area contributed by atoms with Crippen molar-refractivity contribution in [2.45, 2.75) is 12.8 Å². The number of piperazine rings is 1. The summed E-state index contributed by atoms with van der Waals surface area (Å²) in [5, 5.41) is 8.13. The van der Waals surface area contributed by atoms with E-state index in [1.807, 2.05) is 46.7 Å². The van der Waals surface area contributed by atoms with Gasteiger partial charge in [-0.2, -0.15) is 18.3 Å². The first-order valence-electron chi connectivity index (χ1n) is 10.4. The van der Waals surface area contributed by atoms with Crippen molar-refractivity contribution in [2.75, 3.05) is 31.1 Å². The predicted octanol–water partition coefficient (Wildman–Crippen LogP) is 4.32. The van der Waals surface area contributed by atoms with Gasteiger partial charge < -0.3 is 4.90 Å². The molecule has 0 N–H and O–H groups in total. The first-order valence-corrected chi connectivity index (χ1v) is 11.3. The van der Waals surface area contributed by atoms with Crippen LogP contribution < -0.4 is 10.5 Å². The van der Waals surface area contributed by atoms with Crippen molar-refractivity contribution in [2.24, 2.45) is 0 Å². The monoisotopic (exact) mass is 471 g/mol. The first-order chi connectivity index (χ1) is 15.9. The van der Waals surface area contributed by atoms with Crippen molar-refractivity contribution in [1.29, 1.82) is 0 Å². The number of hydrogen-bond acceptors (Lipinski definition) is 6. The molecular weight excluding hydrogens is 451 g/mol. The Balaban J connectivity index is 1.33. The number of benzene rings is 1. The lowest BCUT2D eigenvalue weighted by atomic mass is 10.1. The zero-order valence-electron chi connectivity index (χ0n) is 17.5. The number of fused-ring (bicyclic) bond motifs is 1. The molecule has 0 aliphatic carbocycles. The zero-order chi connectivity index (χ0) is 23.0. The van der Waals surface area contributed by atoms with Crippen LogP contribution in [0.1, 0.15) is 5.56 Å². The van der Waals surface area contributed by atoms with Gasteiger partial charge in [-0.05, 0) is 29.6 Å². The maximum absolute atomic E-state index is 13.1. The van der Waals surface area contributed by atoms with E-state index in [1.165, 1.54) is 10.7 Å². The summed E-state index contributed by atoms with van der Waals surface area (Å²) in [5.74, 6) is 0.517. The SMILES string of the molecule is O=c1c2ccccc2c(-c2cccs2)nn1CN1CCN(c2ccc(C(F)(F)F)cn2)CC1. The molecule has 0 radical (unpaired) electrons. The molecule has 0 amide bonds. The molecule has 1 fully saturated rings. The molecular formula is C23H20F3N5OS. The van der Waals surface area contributed by atoms with E-state index in [0.29, 0.717) is 44.1 Å². The third kappa shape index (κ3) is 4.36. The first kappa shape index (κ1) is 21.6. The number of nitrogens with zero attached hydrogens (tertiary/aromatic N) is 5. The van der Waals surface area contributed by atoms with Crippen molar-refractivity contribution in [3.8, 4) is 10.6 Å². The van der Waals surface area contributed by atoms with Crippen LogP contribution in [0.5, 0.6) is 0 Å². The average Bonchev–Trinajstić information content (AvgIpc) is 3.36. The number of alkyl halides is 3. The van der Waals surface area contributed by atoms with Crippen LogP contribution in [0.2, 0.25) is 0 Å². The Morgan fingerprint density at radius 1 is 0.939 bits per heavy atom. The Hall–Kier alpha value is -3.24. The van der Waals surface area contributed by atoms with Gasteiger partial charge in [-0.15, -0.1) is 11.3 Å². The average molecular weight is 472 g/mol. The number of halogens is 3. The maximum atomic E-state index is 13.1. The smallest absolute Gasteiger partial charge is 0.354 e. The molecule has 0 atom stereocenters. The third-order valence-corrected chi connectivity index (χ3v) is 6.60. The highest BCUT2D eigenvalue weighted by Crippen LogP contribution is 2.30. The lowest BCUT2D eigenvalue weighted by Gasteiger charge is -2.35. The van der Waals surface area contributed by atoms with E-state index in [9.17, 15) is 18.0 Å². The van der Waals surface area contributed by atoms with Crippen LogP contribution in [0.3, 0.4) is 0 Å². The molecule has 1 aliphatic heterocycles. The van der Waals surface area contributed by atoms with E-state index >= 15 is 0 Å². The molecule has 0 saturated carbocycles. The minimum Gasteiger partial charge on any atom is -0.354 e. The van der Waals surface area contributed by atoms with Crippen LogP contribution in [-0.4, -0.2) is 45.8 Å². The van der Waals surface area contributed by atoms with Gasteiger partial charge in [0.2, 0.25) is 0 Å². The maximum Gasteiger partial charge on any atom is 0.417 e. The Labute approximate surface area is 191 Å². The van der Waals surface area contributed by atoms with Gasteiger partial charge in [-0.25, -0.2) is 9.67 Å². The predicted molar refractivity (Wildman–Crippen MR) is 122 cm³/mol. The van der Waals surface area contributed by atoms with Gasteiger partial charge in [0, 0.05) is 37.8 Å². The Morgan fingerprint density at radius 2 is 1.70 bits per heavy atom. The molecule has 4 heterocycles. The Morgan fingerprint density at radius 3 is 2.33 bits per heavy atom. The topological polar surface area (TPSA) is 54.3 Å². The molecule has 170 valence electrons. The highest BCUT2D eigenvalue weighted by Gasteiger charge is 2.31. The van der Waals surface area contributed by atoms with E-state index < -0.39 is 11.7 Å². The molecule has 33 heavy (non-hydrogen) atoms. The minimum absolute atomic E-state index is 0.141. The number of thiophene rings is 1. The quantitative estimate of drug-likeness (QED) is 0.444. The number of rotatable bonds is 4. The molecule has 1 saturated heterocycles. The molecule has 0 unspecified atom stereocenters. The van der Waals surface area contributed by atoms with E-state index in [0.717, 1.165) is 28.2 Å². The van der Waals surface area contributed by atoms with Gasteiger partial charge in [-0.1, -0.05) is 24.3 Å². The summed E-state index contributed by atoms with van der Waals surface area (Å²) >= 11 is 1.58. The summed E-state index contributed by atoms with van der Waals surface area (Å²) in [6.45, 7) is 2.81. The van der Waals surface area contributed by atoms with Gasteiger partial charge in [-0.3, -0.25) is 9.69 Å². The van der Waals surface area contributed by atoms with Gasteiger partial charge in [0.1, 0.15) is 11.5 Å². The zero-order valence-corrected chi connectivity index (χ0v) is 18.3. The van der Waals surface area contributed by atoms with Crippen LogP contribution in [0, 0.1) is 0 Å². The molecule has 6 nitrogen and oxygen atoms in total. The van der Waals surface area contributed by atoms with Crippen molar-refractivity contribution < 1.29 is 13.2 Å². The van der Waals surface area contributed by atoms with E-state index in [1.54, 1.807) is 11.3 Å². The van der Waals surface area contributed by atoms with E-state index in [-0.39, 0.29) is 5.56 Å². The second-order valence-electron chi connectivity index (χ2n) is 7.83. The molecule has 0 bridgehead atoms. The fourth-order valence-electron chi connectivity index (χ4n) is 3.97. The van der Waals surface area contributed by atoms with Crippen LogP contribution in [0.15, 0.2) is 64.9 Å². The second kappa shape index (κ2) is 8.60. The summed E-state index contributed by atoms with van der Waals surface area (Å²) < 4.78 is 39.8. The highest BCUT2D eigenvalue weighted by atomic mass is 32.1. The summed E-state index contributed by atoms with van der Waals surface area (Å²) in [4.78, 5) is 22.1. The number of aromatic nitrogens is 3. The molecule has 4 aromatic rings. The van der Waals surface area contributed by atoms with Crippen LogP contribution in [0.25, 0.3) is 21.3 Å². The number of pyridine rings is 1. The van der Waals surface area contributed by atoms with E-state index in [4.69, 9.17) is 0 Å². The molecule has 10 heteroatoms. The number of hydrogen-bond donors (Lipinski definition) is 0. The third-order valence-electron chi connectivity index (χ3n) is 5.73. The van der Waals surface area contributed by atoms with Crippen molar-refractivity contribution in [3.05, 3.63) is 76.0 Å². The summed E-state index contributed by atoms with van der Waals surface area (Å²) in [6.07, 6.45) is -3.53. The van der Waals surface area contributed by atoms with Crippen molar-refractivity contribution >= 4 is 27.9 Å². The van der Waals surface area contributed by atoms with Gasteiger partial charge in [0.25, 0.3) is 5.56 Å². The summed E-state index contributed by atoms with van der Waals surface area (Å²) in [6, 6.07) is 13.9. The van der Waals surface area contributed by atoms with Gasteiger partial charge >= 0.3 is 6.18 Å². The molecule has 1 aliphatic rings. The largest absolute Gasteiger partial charge is 0.417 e.